The van der Waals surface area contributed by atoms with E-state index in [-0.39, 0.29) is 24.4 Å². The van der Waals surface area contributed by atoms with Gasteiger partial charge in [-0.15, -0.1) is 0 Å². The minimum atomic E-state index is -0.0915. The zero-order valence-electron chi connectivity index (χ0n) is 24.6. The number of fused-ring (bicyclic) bond motifs is 4. The Labute approximate surface area is 236 Å². The molecule has 40 heavy (non-hydrogen) atoms. The van der Waals surface area contributed by atoms with Gasteiger partial charge in [-0.25, -0.2) is 0 Å². The van der Waals surface area contributed by atoms with E-state index < -0.39 is 0 Å². The Balaban J connectivity index is 1.59. The predicted octanol–water partition coefficient (Wildman–Crippen LogP) is 7.74. The van der Waals surface area contributed by atoms with Crippen LogP contribution in [0, 0.1) is 0 Å². The third-order valence-electron chi connectivity index (χ3n) is 8.52. The summed E-state index contributed by atoms with van der Waals surface area (Å²) < 4.78 is 36.5. The Bertz CT molecular complexity index is 1500. The van der Waals surface area contributed by atoms with Gasteiger partial charge in [0.25, 0.3) is 0 Å². The van der Waals surface area contributed by atoms with Crippen molar-refractivity contribution in [1.82, 2.24) is 0 Å². The fourth-order valence-electron chi connectivity index (χ4n) is 7.03. The molecule has 0 spiro atoms. The van der Waals surface area contributed by atoms with Crippen LogP contribution >= 0.6 is 0 Å². The van der Waals surface area contributed by atoms with E-state index >= 15 is 0 Å². The lowest BCUT2D eigenvalue weighted by Crippen LogP contribution is -2.23. The highest BCUT2D eigenvalue weighted by molar-refractivity contribution is 6.02. The zero-order valence-corrected chi connectivity index (χ0v) is 24.6. The smallest absolute Gasteiger partial charge is 0.133 e. The Morgan fingerprint density at radius 1 is 0.525 bits per heavy atom. The highest BCUT2D eigenvalue weighted by Gasteiger charge is 2.32. The molecule has 2 heterocycles. The van der Waals surface area contributed by atoms with Crippen LogP contribution in [0.15, 0.2) is 36.4 Å². The minimum absolute atomic E-state index is 0.0915. The summed E-state index contributed by atoms with van der Waals surface area (Å²) in [6.45, 7) is 8.38. The van der Waals surface area contributed by atoms with Crippen molar-refractivity contribution in [3.8, 4) is 34.1 Å². The largest absolute Gasteiger partial charge is 0.496 e. The van der Waals surface area contributed by atoms with Crippen molar-refractivity contribution in [2.24, 2.45) is 0 Å². The van der Waals surface area contributed by atoms with Gasteiger partial charge < -0.3 is 28.4 Å². The van der Waals surface area contributed by atoms with Crippen LogP contribution in [0.3, 0.4) is 0 Å². The molecule has 2 aliphatic rings. The summed E-state index contributed by atoms with van der Waals surface area (Å²) in [5, 5.41) is 4.09. The zero-order chi connectivity index (χ0) is 28.3. The maximum absolute atomic E-state index is 6.20. The fraction of sp³-hybridized carbons (Fsp3) is 0.412. The lowest BCUT2D eigenvalue weighted by Gasteiger charge is -2.32. The van der Waals surface area contributed by atoms with Gasteiger partial charge in [0.15, 0.2) is 0 Å². The molecule has 0 bridgehead atoms. The topological polar surface area (TPSA) is 55.4 Å². The standard InChI is InChI=1S/C34H38O6/c1-17-13-27-29(19(3)39-17)33(37-7)25-15-21(9-11-23(25)31(27)35-5)22-10-12-24-26(16-22)34(38-8)30-20(4)40-18(2)14-28(30)32(24)36-6/h9-12,15-20H,13-14H2,1-8H3/t17-,18-,19+,20+/m0/s1. The van der Waals surface area contributed by atoms with Crippen LogP contribution in [-0.2, 0) is 22.3 Å². The molecule has 0 saturated carbocycles. The quantitative estimate of drug-likeness (QED) is 0.257. The molecular formula is C34H38O6. The summed E-state index contributed by atoms with van der Waals surface area (Å²) >= 11 is 0. The molecule has 4 atom stereocenters. The first-order valence-electron chi connectivity index (χ1n) is 14.0. The fourth-order valence-corrected chi connectivity index (χ4v) is 7.03. The summed E-state index contributed by atoms with van der Waals surface area (Å²) in [7, 11) is 6.96. The van der Waals surface area contributed by atoms with Gasteiger partial charge in [0, 0.05) is 56.6 Å². The first-order valence-corrected chi connectivity index (χ1v) is 14.0. The molecule has 6 nitrogen and oxygen atoms in total. The second kappa shape index (κ2) is 10.2. The van der Waals surface area contributed by atoms with Gasteiger partial charge in [-0.3, -0.25) is 0 Å². The average Bonchev–Trinajstić information content (AvgIpc) is 2.94. The van der Waals surface area contributed by atoms with E-state index in [2.05, 4.69) is 64.1 Å². The third kappa shape index (κ3) is 4.00. The monoisotopic (exact) mass is 542 g/mol. The molecule has 6 rings (SSSR count). The van der Waals surface area contributed by atoms with Crippen molar-refractivity contribution < 1.29 is 28.4 Å². The molecule has 0 N–H and O–H groups in total. The van der Waals surface area contributed by atoms with Gasteiger partial charge in [-0.05, 0) is 63.1 Å². The Morgan fingerprint density at radius 2 is 0.900 bits per heavy atom. The van der Waals surface area contributed by atoms with Gasteiger partial charge in [0.2, 0.25) is 0 Å². The maximum Gasteiger partial charge on any atom is 0.133 e. The number of rotatable bonds is 5. The van der Waals surface area contributed by atoms with E-state index in [1.54, 1.807) is 28.4 Å². The number of hydrogen-bond acceptors (Lipinski definition) is 6. The minimum Gasteiger partial charge on any atom is -0.496 e. The van der Waals surface area contributed by atoms with E-state index in [9.17, 15) is 0 Å². The van der Waals surface area contributed by atoms with Gasteiger partial charge in [-0.1, -0.05) is 12.1 Å². The second-order valence-electron chi connectivity index (χ2n) is 11.0. The molecule has 0 amide bonds. The molecule has 0 radical (unpaired) electrons. The van der Waals surface area contributed by atoms with Crippen LogP contribution in [0.25, 0.3) is 32.7 Å². The second-order valence-corrected chi connectivity index (χ2v) is 11.0. The van der Waals surface area contributed by atoms with Crippen LogP contribution in [0.5, 0.6) is 23.0 Å². The van der Waals surface area contributed by atoms with E-state index in [1.165, 1.54) is 11.1 Å². The van der Waals surface area contributed by atoms with Gasteiger partial charge in [0.05, 0.1) is 52.9 Å². The molecule has 4 aromatic carbocycles. The van der Waals surface area contributed by atoms with E-state index in [1.807, 2.05) is 0 Å². The van der Waals surface area contributed by atoms with Crippen molar-refractivity contribution in [2.45, 2.75) is 65.0 Å². The van der Waals surface area contributed by atoms with Crippen LogP contribution in [-0.4, -0.2) is 40.6 Å². The number of hydrogen-bond donors (Lipinski definition) is 0. The Hall–Kier alpha value is -3.48. The SMILES string of the molecule is COc1c2c(c(OC)c3cc(-c4ccc5c(OC)c6c(c(OC)c5c4)[C@@H](C)O[C@@H](C)C6)ccc13)[C@@H](C)O[C@@H](C)C2. The molecule has 4 aromatic rings. The van der Waals surface area contributed by atoms with Gasteiger partial charge >= 0.3 is 0 Å². The molecule has 0 unspecified atom stereocenters. The van der Waals surface area contributed by atoms with Crippen molar-refractivity contribution in [2.75, 3.05) is 28.4 Å². The van der Waals surface area contributed by atoms with Crippen LogP contribution in [0.4, 0.5) is 0 Å². The molecule has 210 valence electrons. The summed E-state index contributed by atoms with van der Waals surface area (Å²) in [5.74, 6) is 3.50. The first kappa shape index (κ1) is 26.7. The summed E-state index contributed by atoms with van der Waals surface area (Å²) in [6.07, 6.45) is 1.62. The molecule has 0 fully saturated rings. The van der Waals surface area contributed by atoms with Crippen molar-refractivity contribution in [3.63, 3.8) is 0 Å². The normalized spacial score (nSPS) is 22.1. The van der Waals surface area contributed by atoms with E-state index in [0.717, 1.165) is 79.6 Å². The van der Waals surface area contributed by atoms with Gasteiger partial charge in [0.1, 0.15) is 23.0 Å². The molecule has 2 aliphatic heterocycles. The lowest BCUT2D eigenvalue weighted by molar-refractivity contribution is -0.00671. The molecule has 0 aliphatic carbocycles. The van der Waals surface area contributed by atoms with Crippen LogP contribution < -0.4 is 18.9 Å². The van der Waals surface area contributed by atoms with Crippen molar-refractivity contribution >= 4 is 21.5 Å². The molecule has 6 heteroatoms. The van der Waals surface area contributed by atoms with Crippen LogP contribution in [0.2, 0.25) is 0 Å². The highest BCUT2D eigenvalue weighted by atomic mass is 16.5. The number of ether oxygens (including phenoxy) is 6. The maximum atomic E-state index is 6.20. The molecule has 0 aromatic heterocycles. The number of benzene rings is 4. The van der Waals surface area contributed by atoms with Crippen molar-refractivity contribution in [1.29, 1.82) is 0 Å². The van der Waals surface area contributed by atoms with Crippen molar-refractivity contribution in [3.05, 3.63) is 58.7 Å². The lowest BCUT2D eigenvalue weighted by atomic mass is 9.87. The summed E-state index contributed by atoms with van der Waals surface area (Å²) in [5.41, 5.74) is 6.63. The average molecular weight is 543 g/mol. The summed E-state index contributed by atoms with van der Waals surface area (Å²) in [6, 6.07) is 13.0. The Kier molecular flexibility index (Phi) is 6.79. The highest BCUT2D eigenvalue weighted by Crippen LogP contribution is 2.50. The Morgan fingerprint density at radius 3 is 1.25 bits per heavy atom. The predicted molar refractivity (Wildman–Crippen MR) is 158 cm³/mol. The van der Waals surface area contributed by atoms with Crippen LogP contribution in [0.1, 0.15) is 62.2 Å². The van der Waals surface area contributed by atoms with Gasteiger partial charge in [-0.2, -0.15) is 0 Å². The number of methoxy groups -OCH3 is 4. The summed E-state index contributed by atoms with van der Waals surface area (Å²) in [4.78, 5) is 0. The first-order chi connectivity index (χ1) is 19.3. The van der Waals surface area contributed by atoms with E-state index in [0.29, 0.717) is 0 Å². The third-order valence-corrected chi connectivity index (χ3v) is 8.52. The molecular weight excluding hydrogens is 504 g/mol. The molecule has 0 saturated heterocycles. The van der Waals surface area contributed by atoms with E-state index in [4.69, 9.17) is 28.4 Å².